The van der Waals surface area contributed by atoms with Crippen molar-refractivity contribution in [3.8, 4) is 0 Å². The topological polar surface area (TPSA) is 21.6 Å². The molecule has 1 aliphatic heterocycles. The van der Waals surface area contributed by atoms with Crippen molar-refractivity contribution in [3.05, 3.63) is 70.7 Å². The maximum atomic E-state index is 6.14. The summed E-state index contributed by atoms with van der Waals surface area (Å²) < 4.78 is 5.65. The number of hydrogen-bond donors (Lipinski definition) is 0. The van der Waals surface area contributed by atoms with E-state index >= 15 is 0 Å². The third kappa shape index (κ3) is 2.12. The van der Waals surface area contributed by atoms with Crippen LogP contribution < -0.4 is 0 Å². The minimum atomic E-state index is 0.0671. The molecule has 18 heavy (non-hydrogen) atoms. The van der Waals surface area contributed by atoms with Gasteiger partial charge in [-0.2, -0.15) is 0 Å². The molecule has 0 amide bonds. The molecule has 1 atom stereocenters. The van der Waals surface area contributed by atoms with E-state index < -0.39 is 0 Å². The zero-order chi connectivity index (χ0) is 12.4. The van der Waals surface area contributed by atoms with Gasteiger partial charge in [0.15, 0.2) is 0 Å². The summed E-state index contributed by atoms with van der Waals surface area (Å²) in [5, 5.41) is 0.671. The number of ether oxygens (including phenoxy) is 1. The van der Waals surface area contributed by atoms with Crippen molar-refractivity contribution in [2.24, 2.45) is 4.99 Å². The molecule has 1 aliphatic rings. The lowest BCUT2D eigenvalue weighted by Crippen LogP contribution is -2.01. The second-order valence-corrected chi connectivity index (χ2v) is 4.56. The summed E-state index contributed by atoms with van der Waals surface area (Å²) in [6.45, 7) is 0.574. The first-order valence-corrected chi connectivity index (χ1v) is 6.23. The summed E-state index contributed by atoms with van der Waals surface area (Å²) in [5.74, 6) is 0.634. The van der Waals surface area contributed by atoms with Gasteiger partial charge < -0.3 is 4.74 Å². The van der Waals surface area contributed by atoms with Crippen LogP contribution in [-0.4, -0.2) is 12.5 Å². The first-order chi connectivity index (χ1) is 8.84. The van der Waals surface area contributed by atoms with Crippen molar-refractivity contribution in [2.75, 3.05) is 6.61 Å². The number of nitrogens with zero attached hydrogens (tertiary/aromatic N) is 1. The minimum Gasteiger partial charge on any atom is -0.475 e. The Morgan fingerprint density at radius 1 is 1.00 bits per heavy atom. The van der Waals surface area contributed by atoms with Crippen LogP contribution in [0.4, 0.5) is 0 Å². The summed E-state index contributed by atoms with van der Waals surface area (Å²) in [7, 11) is 0. The Hall–Kier alpha value is -1.80. The number of aliphatic imine (C=N–C) groups is 1. The summed E-state index contributed by atoms with van der Waals surface area (Å²) >= 11 is 6.14. The van der Waals surface area contributed by atoms with Gasteiger partial charge in [-0.05, 0) is 17.7 Å². The molecule has 90 valence electrons. The molecule has 3 heteroatoms. The molecule has 0 aliphatic carbocycles. The van der Waals surface area contributed by atoms with Gasteiger partial charge in [0, 0.05) is 0 Å². The molecule has 0 fully saturated rings. The highest BCUT2D eigenvalue weighted by molar-refractivity contribution is 6.33. The van der Waals surface area contributed by atoms with E-state index in [2.05, 4.69) is 17.1 Å². The Morgan fingerprint density at radius 2 is 1.72 bits per heavy atom. The fourth-order valence-electron chi connectivity index (χ4n) is 2.00. The van der Waals surface area contributed by atoms with E-state index in [4.69, 9.17) is 16.3 Å². The van der Waals surface area contributed by atoms with Gasteiger partial charge in [-0.3, -0.25) is 0 Å². The predicted molar refractivity (Wildman–Crippen MR) is 73.1 cm³/mol. The molecular formula is C15H12ClNO. The van der Waals surface area contributed by atoms with Crippen LogP contribution in [0.2, 0.25) is 5.02 Å². The Kier molecular flexibility index (Phi) is 3.03. The van der Waals surface area contributed by atoms with Gasteiger partial charge in [-0.15, -0.1) is 0 Å². The van der Waals surface area contributed by atoms with Gasteiger partial charge in [0.25, 0.3) is 0 Å². The summed E-state index contributed by atoms with van der Waals surface area (Å²) in [5.41, 5.74) is 2.03. The van der Waals surface area contributed by atoms with Gasteiger partial charge in [0.05, 0.1) is 10.6 Å². The largest absolute Gasteiger partial charge is 0.475 e. The van der Waals surface area contributed by atoms with Gasteiger partial charge in [0.2, 0.25) is 5.90 Å². The summed E-state index contributed by atoms with van der Waals surface area (Å²) in [6, 6.07) is 17.8. The highest BCUT2D eigenvalue weighted by Gasteiger charge is 2.22. The zero-order valence-electron chi connectivity index (χ0n) is 9.71. The highest BCUT2D eigenvalue weighted by Crippen LogP contribution is 2.27. The Bertz CT molecular complexity index is 580. The number of hydrogen-bond acceptors (Lipinski definition) is 2. The monoisotopic (exact) mass is 257 g/mol. The molecule has 0 saturated heterocycles. The average Bonchev–Trinajstić information content (AvgIpc) is 2.90. The standard InChI is InChI=1S/C15H12ClNO/c16-13-9-5-4-8-12(13)15-17-14(10-18-15)11-6-2-1-3-7-11/h1-9,14H,10H2/t14-/m0/s1. The smallest absolute Gasteiger partial charge is 0.218 e. The number of halogens is 1. The van der Waals surface area contributed by atoms with Crippen LogP contribution in [0.3, 0.4) is 0 Å². The van der Waals surface area contributed by atoms with Gasteiger partial charge >= 0.3 is 0 Å². The molecule has 0 N–H and O–H groups in total. The third-order valence-corrected chi connectivity index (χ3v) is 3.27. The molecule has 2 aromatic rings. The van der Waals surface area contributed by atoms with E-state index in [0.29, 0.717) is 17.5 Å². The molecule has 2 nitrogen and oxygen atoms in total. The second-order valence-electron chi connectivity index (χ2n) is 4.15. The molecule has 0 spiro atoms. The quantitative estimate of drug-likeness (QED) is 0.801. The molecule has 1 heterocycles. The van der Waals surface area contributed by atoms with Crippen LogP contribution in [0.5, 0.6) is 0 Å². The maximum Gasteiger partial charge on any atom is 0.218 e. The van der Waals surface area contributed by atoms with Crippen molar-refractivity contribution in [3.63, 3.8) is 0 Å². The molecule has 3 rings (SSSR count). The van der Waals surface area contributed by atoms with E-state index in [1.165, 1.54) is 5.56 Å². The van der Waals surface area contributed by atoms with Crippen LogP contribution in [0, 0.1) is 0 Å². The van der Waals surface area contributed by atoms with E-state index in [1.54, 1.807) is 0 Å². The van der Waals surface area contributed by atoms with Crippen LogP contribution in [0.25, 0.3) is 0 Å². The third-order valence-electron chi connectivity index (χ3n) is 2.94. The Balaban J connectivity index is 1.91. The van der Waals surface area contributed by atoms with Gasteiger partial charge in [-0.25, -0.2) is 4.99 Å². The van der Waals surface area contributed by atoms with Crippen LogP contribution >= 0.6 is 11.6 Å². The van der Waals surface area contributed by atoms with Crippen LogP contribution in [0.15, 0.2) is 59.6 Å². The predicted octanol–water partition coefficient (Wildman–Crippen LogP) is 3.86. The first-order valence-electron chi connectivity index (χ1n) is 5.85. The summed E-state index contributed by atoms with van der Waals surface area (Å²) in [4.78, 5) is 4.60. The zero-order valence-corrected chi connectivity index (χ0v) is 10.5. The fourth-order valence-corrected chi connectivity index (χ4v) is 2.22. The van der Waals surface area contributed by atoms with E-state index in [9.17, 15) is 0 Å². The number of rotatable bonds is 2. The van der Waals surface area contributed by atoms with Crippen LogP contribution in [0.1, 0.15) is 17.2 Å². The van der Waals surface area contributed by atoms with E-state index in [-0.39, 0.29) is 6.04 Å². The van der Waals surface area contributed by atoms with Gasteiger partial charge in [0.1, 0.15) is 12.6 Å². The lowest BCUT2D eigenvalue weighted by Gasteiger charge is -2.03. The molecular weight excluding hydrogens is 246 g/mol. The van der Waals surface area contributed by atoms with Gasteiger partial charge in [-0.1, -0.05) is 54.1 Å². The lowest BCUT2D eigenvalue weighted by molar-refractivity contribution is 0.320. The minimum absolute atomic E-state index is 0.0671. The molecule has 0 saturated carbocycles. The highest BCUT2D eigenvalue weighted by atomic mass is 35.5. The maximum absolute atomic E-state index is 6.14. The molecule has 0 unspecified atom stereocenters. The Labute approximate surface area is 111 Å². The molecule has 2 aromatic carbocycles. The summed E-state index contributed by atoms with van der Waals surface area (Å²) in [6.07, 6.45) is 0. The normalized spacial score (nSPS) is 18.3. The molecule has 0 bridgehead atoms. The van der Waals surface area contributed by atoms with E-state index in [0.717, 1.165) is 5.56 Å². The second kappa shape index (κ2) is 4.83. The van der Waals surface area contributed by atoms with Crippen molar-refractivity contribution >= 4 is 17.5 Å². The first kappa shape index (κ1) is 11.3. The molecule has 0 aromatic heterocycles. The van der Waals surface area contributed by atoms with Crippen molar-refractivity contribution in [1.82, 2.24) is 0 Å². The number of benzene rings is 2. The van der Waals surface area contributed by atoms with Crippen molar-refractivity contribution in [2.45, 2.75) is 6.04 Å². The Morgan fingerprint density at radius 3 is 2.50 bits per heavy atom. The molecule has 0 radical (unpaired) electrons. The van der Waals surface area contributed by atoms with Crippen molar-refractivity contribution < 1.29 is 4.74 Å². The SMILES string of the molecule is Clc1ccccc1C1=N[C@H](c2ccccc2)CO1. The van der Waals surface area contributed by atoms with E-state index in [1.807, 2.05) is 42.5 Å². The fraction of sp³-hybridized carbons (Fsp3) is 0.133. The average molecular weight is 258 g/mol. The van der Waals surface area contributed by atoms with Crippen LogP contribution in [-0.2, 0) is 4.74 Å². The lowest BCUT2D eigenvalue weighted by atomic mass is 10.1. The van der Waals surface area contributed by atoms with Crippen molar-refractivity contribution in [1.29, 1.82) is 0 Å².